The Kier molecular flexibility index (Phi) is 2.29. The van der Waals surface area contributed by atoms with E-state index in [1.807, 2.05) is 12.3 Å². The molecule has 3 nitrogen and oxygen atoms in total. The van der Waals surface area contributed by atoms with Gasteiger partial charge >= 0.3 is 0 Å². The molecule has 0 amide bonds. The smallest absolute Gasteiger partial charge is 0.0948 e. The monoisotopic (exact) mass is 321 g/mol. The van der Waals surface area contributed by atoms with Crippen molar-refractivity contribution in [2.45, 2.75) is 0 Å². The van der Waals surface area contributed by atoms with Crippen LogP contribution in [0.25, 0.3) is 49.1 Å². The molecule has 4 aromatic heterocycles. The minimum absolute atomic E-state index is 1.05. The number of hydrogen-bond acceptors (Lipinski definition) is 1. The lowest BCUT2D eigenvalue weighted by Crippen LogP contribution is -1.92. The summed E-state index contributed by atoms with van der Waals surface area (Å²) in [4.78, 5) is 4.65. The van der Waals surface area contributed by atoms with Crippen molar-refractivity contribution < 1.29 is 0 Å². The fourth-order valence-electron chi connectivity index (χ4n) is 4.22. The van der Waals surface area contributed by atoms with E-state index in [2.05, 4.69) is 81.8 Å². The Bertz CT molecular complexity index is 1450. The van der Waals surface area contributed by atoms with Gasteiger partial charge in [0, 0.05) is 52.0 Å². The quantitative estimate of drug-likeness (QED) is 0.349. The lowest BCUT2D eigenvalue weighted by atomic mass is 10.1. The molecule has 6 rings (SSSR count). The van der Waals surface area contributed by atoms with E-state index in [0.717, 1.165) is 11.0 Å². The van der Waals surface area contributed by atoms with Gasteiger partial charge in [0.1, 0.15) is 0 Å². The van der Waals surface area contributed by atoms with Crippen molar-refractivity contribution in [3.05, 3.63) is 73.1 Å². The summed E-state index contributed by atoms with van der Waals surface area (Å²) in [5.74, 6) is 0. The molecule has 6 aromatic rings. The van der Waals surface area contributed by atoms with Gasteiger partial charge < -0.3 is 8.97 Å². The first kappa shape index (κ1) is 13.0. The molecular weight excluding hydrogens is 306 g/mol. The predicted octanol–water partition coefficient (Wildman–Crippen LogP) is 5.29. The van der Waals surface area contributed by atoms with E-state index < -0.39 is 0 Å². The number of nitrogens with zero attached hydrogens (tertiary/aromatic N) is 3. The number of benzene rings is 2. The topological polar surface area (TPSA) is 22.2 Å². The number of aryl methyl sites for hydroxylation is 1. The molecule has 3 heteroatoms. The fourth-order valence-corrected chi connectivity index (χ4v) is 4.22. The summed E-state index contributed by atoms with van der Waals surface area (Å²) in [5.41, 5.74) is 5.95. The van der Waals surface area contributed by atoms with Crippen LogP contribution < -0.4 is 0 Å². The van der Waals surface area contributed by atoms with Crippen molar-refractivity contribution in [1.82, 2.24) is 14.0 Å². The van der Waals surface area contributed by atoms with Gasteiger partial charge in [-0.1, -0.05) is 24.3 Å². The van der Waals surface area contributed by atoms with Gasteiger partial charge in [-0.05, 0) is 36.4 Å². The molecule has 0 aliphatic carbocycles. The van der Waals surface area contributed by atoms with Gasteiger partial charge in [0.15, 0.2) is 0 Å². The molecule has 0 fully saturated rings. The van der Waals surface area contributed by atoms with Gasteiger partial charge in [-0.15, -0.1) is 0 Å². The van der Waals surface area contributed by atoms with Crippen LogP contribution in [0.4, 0.5) is 0 Å². The Morgan fingerprint density at radius 1 is 0.680 bits per heavy atom. The second-order valence-corrected chi connectivity index (χ2v) is 6.63. The molecule has 4 heterocycles. The standard InChI is InChI=1S/C22H15N3/c1-24-18-8-3-2-6-14(18)16-13-21-17(12-20(16)24)15-7-4-10-23-22(15)19-9-5-11-25(19)21/h2-13H,1H3. The van der Waals surface area contributed by atoms with Crippen LogP contribution in [-0.2, 0) is 7.05 Å². The maximum Gasteiger partial charge on any atom is 0.0948 e. The van der Waals surface area contributed by atoms with Gasteiger partial charge in [-0.3, -0.25) is 4.98 Å². The molecule has 0 spiro atoms. The summed E-state index contributed by atoms with van der Waals surface area (Å²) in [5, 5.41) is 5.04. The molecule has 0 bridgehead atoms. The van der Waals surface area contributed by atoms with Crippen molar-refractivity contribution in [3.8, 4) is 0 Å². The number of para-hydroxylation sites is 1. The van der Waals surface area contributed by atoms with E-state index in [1.165, 1.54) is 38.1 Å². The van der Waals surface area contributed by atoms with E-state index in [0.29, 0.717) is 0 Å². The average molecular weight is 321 g/mol. The van der Waals surface area contributed by atoms with Crippen LogP contribution in [0, 0.1) is 0 Å². The van der Waals surface area contributed by atoms with E-state index in [9.17, 15) is 0 Å². The second kappa shape index (κ2) is 4.39. The summed E-state index contributed by atoms with van der Waals surface area (Å²) < 4.78 is 4.54. The Morgan fingerprint density at radius 3 is 2.40 bits per heavy atom. The number of hydrogen-bond donors (Lipinski definition) is 0. The maximum atomic E-state index is 4.65. The third-order valence-electron chi connectivity index (χ3n) is 5.38. The number of rotatable bonds is 0. The van der Waals surface area contributed by atoms with Crippen molar-refractivity contribution in [1.29, 1.82) is 0 Å². The summed E-state index contributed by atoms with van der Waals surface area (Å²) in [6, 6.07) is 21.7. The second-order valence-electron chi connectivity index (χ2n) is 6.63. The van der Waals surface area contributed by atoms with Crippen LogP contribution >= 0.6 is 0 Å². The lowest BCUT2D eigenvalue weighted by molar-refractivity contribution is 1.02. The van der Waals surface area contributed by atoms with Crippen molar-refractivity contribution in [2.75, 3.05) is 0 Å². The van der Waals surface area contributed by atoms with Crippen molar-refractivity contribution >= 4 is 49.1 Å². The van der Waals surface area contributed by atoms with Gasteiger partial charge in [0.25, 0.3) is 0 Å². The highest BCUT2D eigenvalue weighted by molar-refractivity contribution is 6.18. The number of pyridine rings is 2. The predicted molar refractivity (Wildman–Crippen MR) is 104 cm³/mol. The Morgan fingerprint density at radius 2 is 1.44 bits per heavy atom. The van der Waals surface area contributed by atoms with Crippen LogP contribution in [0.2, 0.25) is 0 Å². The highest BCUT2D eigenvalue weighted by Crippen LogP contribution is 2.35. The molecule has 0 saturated heterocycles. The molecule has 0 atom stereocenters. The third-order valence-corrected chi connectivity index (χ3v) is 5.38. The minimum Gasteiger partial charge on any atom is -0.344 e. The van der Waals surface area contributed by atoms with E-state index in [4.69, 9.17) is 0 Å². The molecule has 25 heavy (non-hydrogen) atoms. The van der Waals surface area contributed by atoms with E-state index in [1.54, 1.807) is 0 Å². The van der Waals surface area contributed by atoms with Crippen LogP contribution in [0.5, 0.6) is 0 Å². The van der Waals surface area contributed by atoms with Crippen LogP contribution in [0.3, 0.4) is 0 Å². The molecular formula is C22H15N3. The summed E-state index contributed by atoms with van der Waals surface area (Å²) in [6.07, 6.45) is 4.00. The van der Waals surface area contributed by atoms with Gasteiger partial charge in [0.05, 0.1) is 16.6 Å². The van der Waals surface area contributed by atoms with E-state index >= 15 is 0 Å². The Balaban J connectivity index is 1.98. The number of aromatic nitrogens is 3. The molecule has 2 aromatic carbocycles. The zero-order valence-corrected chi connectivity index (χ0v) is 13.8. The minimum atomic E-state index is 1.05. The van der Waals surface area contributed by atoms with Crippen LogP contribution in [0.1, 0.15) is 0 Å². The van der Waals surface area contributed by atoms with Crippen molar-refractivity contribution in [2.24, 2.45) is 7.05 Å². The number of fused-ring (bicyclic) bond motifs is 9. The fraction of sp³-hybridized carbons (Fsp3) is 0.0455. The normalized spacial score (nSPS) is 12.2. The zero-order chi connectivity index (χ0) is 16.5. The van der Waals surface area contributed by atoms with Crippen LogP contribution in [-0.4, -0.2) is 14.0 Å². The zero-order valence-electron chi connectivity index (χ0n) is 13.8. The molecule has 0 radical (unpaired) electrons. The van der Waals surface area contributed by atoms with Gasteiger partial charge in [0.2, 0.25) is 0 Å². The molecule has 0 aliphatic heterocycles. The Hall–Kier alpha value is -3.33. The van der Waals surface area contributed by atoms with Gasteiger partial charge in [-0.2, -0.15) is 0 Å². The maximum absolute atomic E-state index is 4.65. The van der Waals surface area contributed by atoms with E-state index in [-0.39, 0.29) is 0 Å². The summed E-state index contributed by atoms with van der Waals surface area (Å²) in [6.45, 7) is 0. The Labute approximate surface area is 143 Å². The molecule has 118 valence electrons. The highest BCUT2D eigenvalue weighted by Gasteiger charge is 2.13. The molecule has 0 saturated carbocycles. The first-order valence-corrected chi connectivity index (χ1v) is 8.47. The third kappa shape index (κ3) is 1.53. The first-order chi connectivity index (χ1) is 12.3. The molecule has 0 aliphatic rings. The van der Waals surface area contributed by atoms with Gasteiger partial charge in [-0.25, -0.2) is 0 Å². The summed E-state index contributed by atoms with van der Waals surface area (Å²) in [7, 11) is 2.14. The SMILES string of the molecule is Cn1c2ccccc2c2cc3c(cc21)c1cccnc1c1cccn31. The lowest BCUT2D eigenvalue weighted by Gasteiger charge is -2.09. The molecule has 0 N–H and O–H groups in total. The average Bonchev–Trinajstić information content (AvgIpc) is 3.26. The van der Waals surface area contributed by atoms with Crippen LogP contribution in [0.15, 0.2) is 73.1 Å². The summed E-state index contributed by atoms with van der Waals surface area (Å²) >= 11 is 0. The highest BCUT2D eigenvalue weighted by atomic mass is 14.9. The first-order valence-electron chi connectivity index (χ1n) is 8.47. The molecule has 0 unspecified atom stereocenters. The largest absolute Gasteiger partial charge is 0.344 e. The van der Waals surface area contributed by atoms with Crippen molar-refractivity contribution in [3.63, 3.8) is 0 Å².